The number of nitrogens with one attached hydrogen (secondary N) is 2. The van der Waals surface area contributed by atoms with Gasteiger partial charge in [0.25, 0.3) is 0 Å². The molecule has 8 nitrogen and oxygen atoms in total. The summed E-state index contributed by atoms with van der Waals surface area (Å²) in [4.78, 5) is 33.3. The van der Waals surface area contributed by atoms with E-state index in [1.165, 1.54) is 12.0 Å². The first kappa shape index (κ1) is 23.0. The van der Waals surface area contributed by atoms with E-state index in [1.54, 1.807) is 12.1 Å². The average Bonchev–Trinajstić information content (AvgIpc) is 2.84. The van der Waals surface area contributed by atoms with Crippen molar-refractivity contribution in [1.82, 2.24) is 15.2 Å². The summed E-state index contributed by atoms with van der Waals surface area (Å²) in [7, 11) is 0. The highest BCUT2D eigenvalue weighted by atomic mass is 16.2. The van der Waals surface area contributed by atoms with E-state index in [2.05, 4.69) is 37.6 Å². The number of urea groups is 1. The van der Waals surface area contributed by atoms with Crippen LogP contribution in [0.3, 0.4) is 0 Å². The summed E-state index contributed by atoms with van der Waals surface area (Å²) in [6.45, 7) is 4.84. The summed E-state index contributed by atoms with van der Waals surface area (Å²) in [6, 6.07) is 9.34. The minimum absolute atomic E-state index is 0.139. The third kappa shape index (κ3) is 6.44. The fourth-order valence-corrected chi connectivity index (χ4v) is 4.68. The maximum absolute atomic E-state index is 12.8. The van der Waals surface area contributed by atoms with Crippen LogP contribution in [0, 0.1) is 0 Å². The van der Waals surface area contributed by atoms with E-state index < -0.39 is 5.91 Å². The van der Waals surface area contributed by atoms with Crippen molar-refractivity contribution in [3.8, 4) is 0 Å². The maximum Gasteiger partial charge on any atom is 0.319 e. The van der Waals surface area contributed by atoms with Crippen molar-refractivity contribution in [2.24, 2.45) is 5.73 Å². The highest BCUT2D eigenvalue weighted by molar-refractivity contribution is 5.99. The molecular formula is C25H34N6O2. The van der Waals surface area contributed by atoms with Gasteiger partial charge in [0.2, 0.25) is 5.91 Å². The fourth-order valence-electron chi connectivity index (χ4n) is 4.68. The summed E-state index contributed by atoms with van der Waals surface area (Å²) < 4.78 is 0. The number of hydrogen-bond acceptors (Lipinski definition) is 5. The van der Waals surface area contributed by atoms with Crippen LogP contribution in [0.4, 0.5) is 16.2 Å². The molecule has 2 aliphatic rings. The Kier molecular flexibility index (Phi) is 7.78. The first-order valence-corrected chi connectivity index (χ1v) is 12.0. The van der Waals surface area contributed by atoms with Gasteiger partial charge in [-0.1, -0.05) is 0 Å². The molecule has 0 radical (unpaired) electrons. The second-order valence-corrected chi connectivity index (χ2v) is 8.96. The predicted molar refractivity (Wildman–Crippen MR) is 131 cm³/mol. The summed E-state index contributed by atoms with van der Waals surface area (Å²) in [6.07, 6.45) is 10.00. The number of carbonyl (C=O) groups is 2. The lowest BCUT2D eigenvalue weighted by Gasteiger charge is -2.33. The highest BCUT2D eigenvalue weighted by Gasteiger charge is 2.22. The van der Waals surface area contributed by atoms with Gasteiger partial charge < -0.3 is 26.2 Å². The van der Waals surface area contributed by atoms with Gasteiger partial charge in [0.1, 0.15) is 0 Å². The number of hydrogen-bond donors (Lipinski definition) is 3. The molecule has 2 fully saturated rings. The van der Waals surface area contributed by atoms with E-state index in [9.17, 15) is 9.59 Å². The zero-order valence-electron chi connectivity index (χ0n) is 19.1. The Morgan fingerprint density at radius 1 is 1.00 bits per heavy atom. The molecule has 2 aromatic rings. The molecule has 0 bridgehead atoms. The number of carbonyl (C=O) groups excluding carboxylic acids is 2. The second-order valence-electron chi connectivity index (χ2n) is 8.96. The standard InChI is InChI=1S/C25H34N6O2/c26-24(32)20-4-5-23(31-13-2-1-3-14-31)22(18-20)29-25(33)28-21-9-16-30(17-10-21)15-8-19-6-11-27-12-7-19/h4-7,11-12,18,21H,1-3,8-10,13-17H2,(H2,26,32)(H2,28,29,33). The van der Waals surface area contributed by atoms with E-state index in [0.29, 0.717) is 11.3 Å². The highest BCUT2D eigenvalue weighted by Crippen LogP contribution is 2.29. The minimum Gasteiger partial charge on any atom is -0.370 e. The van der Waals surface area contributed by atoms with Crippen LogP contribution in [0.5, 0.6) is 0 Å². The molecule has 4 N–H and O–H groups in total. The van der Waals surface area contributed by atoms with Crippen molar-refractivity contribution in [3.05, 3.63) is 53.9 Å². The summed E-state index contributed by atoms with van der Waals surface area (Å²) in [5, 5.41) is 6.11. The van der Waals surface area contributed by atoms with Crippen LogP contribution >= 0.6 is 0 Å². The van der Waals surface area contributed by atoms with E-state index in [1.807, 2.05) is 18.5 Å². The van der Waals surface area contributed by atoms with Gasteiger partial charge in [-0.3, -0.25) is 9.78 Å². The summed E-state index contributed by atoms with van der Waals surface area (Å²) in [5.41, 5.74) is 8.76. The average molecular weight is 451 g/mol. The SMILES string of the molecule is NC(=O)c1ccc(N2CCCCC2)c(NC(=O)NC2CCN(CCc3ccncc3)CC2)c1. The predicted octanol–water partition coefficient (Wildman–Crippen LogP) is 3.00. The molecule has 0 atom stereocenters. The Balaban J connectivity index is 1.30. The fraction of sp³-hybridized carbons (Fsp3) is 0.480. The van der Waals surface area contributed by atoms with Crippen LogP contribution in [0.15, 0.2) is 42.7 Å². The van der Waals surface area contributed by atoms with E-state index >= 15 is 0 Å². The number of aromatic nitrogens is 1. The van der Waals surface area contributed by atoms with Crippen molar-refractivity contribution in [2.45, 2.75) is 44.6 Å². The molecule has 1 aromatic heterocycles. The van der Waals surface area contributed by atoms with Crippen molar-refractivity contribution >= 4 is 23.3 Å². The van der Waals surface area contributed by atoms with Crippen molar-refractivity contribution in [3.63, 3.8) is 0 Å². The number of benzene rings is 1. The van der Waals surface area contributed by atoms with Crippen LogP contribution in [0.1, 0.15) is 48.0 Å². The molecule has 0 saturated carbocycles. The molecule has 176 valence electrons. The molecule has 4 rings (SSSR count). The molecule has 3 amide bonds. The van der Waals surface area contributed by atoms with Crippen LogP contribution in [-0.4, -0.2) is 60.6 Å². The van der Waals surface area contributed by atoms with Gasteiger partial charge in [-0.05, 0) is 74.4 Å². The molecule has 33 heavy (non-hydrogen) atoms. The van der Waals surface area contributed by atoms with Crippen LogP contribution in [-0.2, 0) is 6.42 Å². The lowest BCUT2D eigenvalue weighted by molar-refractivity contribution is 0.1000. The van der Waals surface area contributed by atoms with Gasteiger partial charge in [-0.25, -0.2) is 4.79 Å². The molecule has 2 aliphatic heterocycles. The third-order valence-corrected chi connectivity index (χ3v) is 6.61. The molecule has 2 saturated heterocycles. The Hall–Kier alpha value is -3.13. The Labute approximate surface area is 195 Å². The van der Waals surface area contributed by atoms with Gasteiger partial charge in [0.05, 0.1) is 11.4 Å². The van der Waals surface area contributed by atoms with Crippen molar-refractivity contribution in [1.29, 1.82) is 0 Å². The number of piperidine rings is 2. The van der Waals surface area contributed by atoms with Crippen LogP contribution in [0.25, 0.3) is 0 Å². The molecule has 8 heteroatoms. The maximum atomic E-state index is 12.8. The number of pyridine rings is 1. The summed E-state index contributed by atoms with van der Waals surface area (Å²) in [5.74, 6) is -0.497. The van der Waals surface area contributed by atoms with Crippen LogP contribution < -0.4 is 21.3 Å². The lowest BCUT2D eigenvalue weighted by Crippen LogP contribution is -2.46. The smallest absolute Gasteiger partial charge is 0.319 e. The Morgan fingerprint density at radius 2 is 1.73 bits per heavy atom. The number of primary amides is 1. The minimum atomic E-state index is -0.497. The number of rotatable bonds is 7. The van der Waals surface area contributed by atoms with Crippen molar-refractivity contribution in [2.75, 3.05) is 42.9 Å². The number of likely N-dealkylation sites (tertiary alicyclic amines) is 1. The molecule has 1 aromatic carbocycles. The third-order valence-electron chi connectivity index (χ3n) is 6.61. The zero-order chi connectivity index (χ0) is 23.0. The monoisotopic (exact) mass is 450 g/mol. The Bertz CT molecular complexity index is 937. The van der Waals surface area contributed by atoms with E-state index in [0.717, 1.165) is 70.5 Å². The van der Waals surface area contributed by atoms with Gasteiger partial charge in [0.15, 0.2) is 0 Å². The number of nitrogens with zero attached hydrogens (tertiary/aromatic N) is 3. The van der Waals surface area contributed by atoms with Gasteiger partial charge >= 0.3 is 6.03 Å². The molecule has 0 aliphatic carbocycles. The van der Waals surface area contributed by atoms with E-state index in [4.69, 9.17) is 5.73 Å². The number of nitrogens with two attached hydrogens (primary N) is 1. The molecular weight excluding hydrogens is 416 g/mol. The first-order chi connectivity index (χ1) is 16.1. The van der Waals surface area contributed by atoms with Gasteiger partial charge in [0, 0.05) is 56.7 Å². The lowest BCUT2D eigenvalue weighted by atomic mass is 10.0. The summed E-state index contributed by atoms with van der Waals surface area (Å²) >= 11 is 0. The van der Waals surface area contributed by atoms with Gasteiger partial charge in [-0.15, -0.1) is 0 Å². The van der Waals surface area contributed by atoms with Crippen LogP contribution in [0.2, 0.25) is 0 Å². The van der Waals surface area contributed by atoms with Crippen molar-refractivity contribution < 1.29 is 9.59 Å². The first-order valence-electron chi connectivity index (χ1n) is 12.0. The molecule has 3 heterocycles. The number of amides is 3. The Morgan fingerprint density at radius 3 is 2.42 bits per heavy atom. The quantitative estimate of drug-likeness (QED) is 0.602. The van der Waals surface area contributed by atoms with E-state index in [-0.39, 0.29) is 12.1 Å². The van der Waals surface area contributed by atoms with Gasteiger partial charge in [-0.2, -0.15) is 0 Å². The second kappa shape index (κ2) is 11.1. The normalized spacial score (nSPS) is 17.5. The molecule has 0 spiro atoms. The topological polar surface area (TPSA) is 104 Å². The largest absolute Gasteiger partial charge is 0.370 e. The zero-order valence-corrected chi connectivity index (χ0v) is 19.1. The number of anilines is 2. The molecule has 0 unspecified atom stereocenters.